The molecule has 3 N–H and O–H groups in total. The van der Waals surface area contributed by atoms with E-state index < -0.39 is 0 Å². The second kappa shape index (κ2) is 6.17. The fourth-order valence-electron chi connectivity index (χ4n) is 3.57. The van der Waals surface area contributed by atoms with Gasteiger partial charge in [-0.15, -0.1) is 0 Å². The number of ether oxygens (including phenoxy) is 1. The Bertz CT molecular complexity index is 218. The first-order valence-electron chi connectivity index (χ1n) is 7.24. The van der Waals surface area contributed by atoms with Crippen LogP contribution in [0.4, 0.5) is 0 Å². The third-order valence-electron chi connectivity index (χ3n) is 4.78. The van der Waals surface area contributed by atoms with Gasteiger partial charge in [0.1, 0.15) is 0 Å². The van der Waals surface area contributed by atoms with Crippen LogP contribution in [0, 0.1) is 11.3 Å². The molecule has 100 valence electrons. The van der Waals surface area contributed by atoms with E-state index in [0.29, 0.717) is 12.5 Å². The normalized spacial score (nSPS) is 31.8. The fourth-order valence-corrected chi connectivity index (χ4v) is 3.57. The average Bonchev–Trinajstić information content (AvgIpc) is 2.65. The molecule has 1 aliphatic heterocycles. The molecule has 1 heterocycles. The largest absolute Gasteiger partial charge is 0.392 e. The van der Waals surface area contributed by atoms with Crippen LogP contribution in [0.15, 0.2) is 0 Å². The molecule has 1 saturated heterocycles. The first kappa shape index (κ1) is 13.3. The van der Waals surface area contributed by atoms with Crippen molar-refractivity contribution in [2.45, 2.75) is 57.5 Å². The minimum Gasteiger partial charge on any atom is -0.392 e. The summed E-state index contributed by atoms with van der Waals surface area (Å²) in [4.78, 5) is 0. The number of rotatable bonds is 3. The molecule has 1 aliphatic carbocycles. The van der Waals surface area contributed by atoms with Gasteiger partial charge in [-0.1, -0.05) is 25.7 Å². The minimum absolute atomic E-state index is 0.0259. The number of aliphatic hydroxyl groups excluding tert-OH is 1. The zero-order chi connectivity index (χ0) is 12.1. The molecule has 17 heavy (non-hydrogen) atoms. The molecule has 0 radical (unpaired) electrons. The van der Waals surface area contributed by atoms with Gasteiger partial charge in [0.2, 0.25) is 0 Å². The Morgan fingerprint density at radius 2 is 1.88 bits per heavy atom. The molecule has 2 atom stereocenters. The molecule has 0 bridgehead atoms. The van der Waals surface area contributed by atoms with E-state index >= 15 is 0 Å². The highest BCUT2D eigenvalue weighted by molar-refractivity contribution is 4.92. The summed E-state index contributed by atoms with van der Waals surface area (Å²) >= 11 is 0. The van der Waals surface area contributed by atoms with E-state index in [9.17, 15) is 5.11 Å². The first-order valence-corrected chi connectivity index (χ1v) is 7.24. The summed E-state index contributed by atoms with van der Waals surface area (Å²) in [6.45, 7) is 2.21. The van der Waals surface area contributed by atoms with E-state index in [-0.39, 0.29) is 11.5 Å². The smallest absolute Gasteiger partial charge is 0.0658 e. The second-order valence-electron chi connectivity index (χ2n) is 5.90. The lowest BCUT2D eigenvalue weighted by atomic mass is 9.70. The van der Waals surface area contributed by atoms with Gasteiger partial charge in [0.25, 0.3) is 0 Å². The quantitative estimate of drug-likeness (QED) is 0.744. The molecule has 0 aromatic carbocycles. The molecule has 0 spiro atoms. The summed E-state index contributed by atoms with van der Waals surface area (Å²) in [7, 11) is 0. The van der Waals surface area contributed by atoms with E-state index in [4.69, 9.17) is 10.5 Å². The number of nitrogens with two attached hydrogens (primary N) is 1. The van der Waals surface area contributed by atoms with Crippen molar-refractivity contribution >= 4 is 0 Å². The molecule has 1 saturated carbocycles. The Balaban J connectivity index is 2.03. The first-order chi connectivity index (χ1) is 8.28. The van der Waals surface area contributed by atoms with Crippen molar-refractivity contribution in [2.75, 3.05) is 19.8 Å². The molecular formula is C14H27NO2. The molecule has 2 rings (SSSR count). The fraction of sp³-hybridized carbons (Fsp3) is 1.00. The third-order valence-corrected chi connectivity index (χ3v) is 4.78. The van der Waals surface area contributed by atoms with Gasteiger partial charge in [-0.3, -0.25) is 0 Å². The maximum atomic E-state index is 10.7. The van der Waals surface area contributed by atoms with Crippen molar-refractivity contribution in [3.8, 4) is 0 Å². The number of aliphatic hydroxyl groups is 1. The van der Waals surface area contributed by atoms with Gasteiger partial charge in [0.05, 0.1) is 12.7 Å². The van der Waals surface area contributed by atoms with Gasteiger partial charge in [-0.05, 0) is 25.7 Å². The van der Waals surface area contributed by atoms with Crippen molar-refractivity contribution in [3.63, 3.8) is 0 Å². The van der Waals surface area contributed by atoms with Gasteiger partial charge in [0.15, 0.2) is 0 Å². The predicted molar refractivity (Wildman–Crippen MR) is 68.7 cm³/mol. The number of hydrogen-bond acceptors (Lipinski definition) is 3. The monoisotopic (exact) mass is 241 g/mol. The van der Waals surface area contributed by atoms with E-state index in [0.717, 1.165) is 38.9 Å². The van der Waals surface area contributed by atoms with Crippen molar-refractivity contribution in [1.82, 2.24) is 0 Å². The van der Waals surface area contributed by atoms with Crippen molar-refractivity contribution in [3.05, 3.63) is 0 Å². The Morgan fingerprint density at radius 1 is 1.18 bits per heavy atom. The number of hydrogen-bond donors (Lipinski definition) is 2. The summed E-state index contributed by atoms with van der Waals surface area (Å²) in [5.74, 6) is 0.311. The Kier molecular flexibility index (Phi) is 4.83. The zero-order valence-electron chi connectivity index (χ0n) is 10.9. The maximum Gasteiger partial charge on any atom is 0.0658 e. The molecule has 0 aromatic heterocycles. The lowest BCUT2D eigenvalue weighted by Gasteiger charge is -2.41. The maximum absolute atomic E-state index is 10.7. The van der Waals surface area contributed by atoms with E-state index in [1.165, 1.54) is 25.7 Å². The zero-order valence-corrected chi connectivity index (χ0v) is 10.9. The van der Waals surface area contributed by atoms with E-state index in [2.05, 4.69) is 0 Å². The van der Waals surface area contributed by atoms with Gasteiger partial charge in [-0.2, -0.15) is 0 Å². The van der Waals surface area contributed by atoms with Crippen LogP contribution in [0.3, 0.4) is 0 Å². The Hall–Kier alpha value is -0.120. The van der Waals surface area contributed by atoms with Gasteiger partial charge in [-0.25, -0.2) is 0 Å². The highest BCUT2D eigenvalue weighted by Crippen LogP contribution is 2.41. The molecule has 3 nitrogen and oxygen atoms in total. The Labute approximate surface area is 105 Å². The third kappa shape index (κ3) is 3.01. The topological polar surface area (TPSA) is 55.5 Å². The standard InChI is InChI=1S/C14H27NO2/c15-11-14(7-3-1-2-4-8-14)13(16)12-6-5-9-17-10-12/h12-13,16H,1-11,15H2. The summed E-state index contributed by atoms with van der Waals surface area (Å²) in [5, 5.41) is 10.7. The minimum atomic E-state index is -0.258. The highest BCUT2D eigenvalue weighted by Gasteiger charge is 2.41. The molecule has 3 heteroatoms. The van der Waals surface area contributed by atoms with E-state index in [1.54, 1.807) is 0 Å². The van der Waals surface area contributed by atoms with Crippen LogP contribution in [-0.4, -0.2) is 31.0 Å². The van der Waals surface area contributed by atoms with Crippen molar-refractivity contribution in [2.24, 2.45) is 17.1 Å². The molecular weight excluding hydrogens is 214 g/mol. The van der Waals surface area contributed by atoms with Crippen LogP contribution in [0.2, 0.25) is 0 Å². The summed E-state index contributed by atoms with van der Waals surface area (Å²) in [5.41, 5.74) is 5.99. The van der Waals surface area contributed by atoms with Crippen molar-refractivity contribution < 1.29 is 9.84 Å². The van der Waals surface area contributed by atoms with Crippen LogP contribution in [0.1, 0.15) is 51.4 Å². The summed E-state index contributed by atoms with van der Waals surface area (Å²) in [6.07, 6.45) is 9.17. The van der Waals surface area contributed by atoms with Crippen LogP contribution in [0.25, 0.3) is 0 Å². The van der Waals surface area contributed by atoms with Gasteiger partial charge >= 0.3 is 0 Å². The van der Waals surface area contributed by atoms with Crippen LogP contribution < -0.4 is 5.73 Å². The molecule has 0 aromatic rings. The average molecular weight is 241 g/mol. The van der Waals surface area contributed by atoms with Gasteiger partial charge in [0, 0.05) is 24.5 Å². The van der Waals surface area contributed by atoms with E-state index in [1.807, 2.05) is 0 Å². The van der Waals surface area contributed by atoms with Crippen molar-refractivity contribution in [1.29, 1.82) is 0 Å². The molecule has 2 aliphatic rings. The van der Waals surface area contributed by atoms with Crippen LogP contribution >= 0.6 is 0 Å². The SMILES string of the molecule is NCC1(C(O)C2CCCOC2)CCCCCC1. The summed E-state index contributed by atoms with van der Waals surface area (Å²) < 4.78 is 5.51. The molecule has 2 fully saturated rings. The molecule has 2 unspecified atom stereocenters. The lowest BCUT2D eigenvalue weighted by molar-refractivity contribution is -0.0735. The van der Waals surface area contributed by atoms with Crippen LogP contribution in [0.5, 0.6) is 0 Å². The highest BCUT2D eigenvalue weighted by atomic mass is 16.5. The van der Waals surface area contributed by atoms with Crippen LogP contribution in [-0.2, 0) is 4.74 Å². The predicted octanol–water partition coefficient (Wildman–Crippen LogP) is 2.07. The Morgan fingerprint density at radius 3 is 2.41 bits per heavy atom. The summed E-state index contributed by atoms with van der Waals surface area (Å²) in [6, 6.07) is 0. The van der Waals surface area contributed by atoms with Gasteiger partial charge < -0.3 is 15.6 Å². The lowest BCUT2D eigenvalue weighted by Crippen LogP contribution is -2.47. The second-order valence-corrected chi connectivity index (χ2v) is 5.90. The molecule has 0 amide bonds.